The maximum atomic E-state index is 12.0. The highest BCUT2D eigenvalue weighted by Gasteiger charge is 2.23. The second kappa shape index (κ2) is 7.30. The molecule has 100 valence electrons. The molecule has 0 aromatic rings. The smallest absolute Gasteiger partial charge is 0.310 e. The molecule has 0 N–H and O–H groups in total. The van der Waals surface area contributed by atoms with Crippen LogP contribution in [0, 0.1) is 17.8 Å². The molecule has 1 unspecified atom stereocenters. The quantitative estimate of drug-likeness (QED) is 0.670. The Morgan fingerprint density at radius 2 is 1.59 bits per heavy atom. The van der Waals surface area contributed by atoms with Crippen LogP contribution in [0.25, 0.3) is 0 Å². The van der Waals surface area contributed by atoms with E-state index in [1.165, 1.54) is 7.11 Å². The van der Waals surface area contributed by atoms with Crippen molar-refractivity contribution in [3.8, 4) is 0 Å². The number of amides is 1. The first kappa shape index (κ1) is 15.9. The largest absolute Gasteiger partial charge is 0.469 e. The first-order valence-corrected chi connectivity index (χ1v) is 6.16. The first-order chi connectivity index (χ1) is 7.79. The lowest BCUT2D eigenvalue weighted by atomic mass is 10.1. The third kappa shape index (κ3) is 5.71. The maximum absolute atomic E-state index is 12.0. The van der Waals surface area contributed by atoms with Gasteiger partial charge in [0.2, 0.25) is 5.91 Å². The summed E-state index contributed by atoms with van der Waals surface area (Å²) in [6.45, 7) is 10.8. The summed E-state index contributed by atoms with van der Waals surface area (Å²) in [5, 5.41) is 0. The molecule has 0 aromatic carbocycles. The molecule has 0 rings (SSSR count). The average Bonchev–Trinajstić information content (AvgIpc) is 2.24. The summed E-state index contributed by atoms with van der Waals surface area (Å²) in [5.41, 5.74) is 0. The second-order valence-electron chi connectivity index (χ2n) is 5.22. The number of methoxy groups -OCH3 is 1. The number of hydrogen-bond acceptors (Lipinski definition) is 3. The second-order valence-corrected chi connectivity index (χ2v) is 5.22. The van der Waals surface area contributed by atoms with E-state index in [-0.39, 0.29) is 23.7 Å². The van der Waals surface area contributed by atoms with Crippen molar-refractivity contribution >= 4 is 11.9 Å². The summed E-state index contributed by atoms with van der Waals surface area (Å²) in [4.78, 5) is 25.1. The molecule has 0 saturated carbocycles. The summed E-state index contributed by atoms with van der Waals surface area (Å²) in [5.74, 6) is -0.104. The van der Waals surface area contributed by atoms with E-state index in [0.29, 0.717) is 19.0 Å². The van der Waals surface area contributed by atoms with Crippen LogP contribution in [0.4, 0.5) is 0 Å². The molecule has 4 nitrogen and oxygen atoms in total. The predicted molar refractivity (Wildman–Crippen MR) is 67.4 cm³/mol. The Morgan fingerprint density at radius 1 is 1.06 bits per heavy atom. The van der Waals surface area contributed by atoms with Crippen LogP contribution < -0.4 is 0 Å². The van der Waals surface area contributed by atoms with Crippen molar-refractivity contribution in [3.63, 3.8) is 0 Å². The van der Waals surface area contributed by atoms with Gasteiger partial charge >= 0.3 is 5.97 Å². The molecule has 0 aromatic heterocycles. The van der Waals surface area contributed by atoms with Gasteiger partial charge in [-0.2, -0.15) is 0 Å². The van der Waals surface area contributed by atoms with Gasteiger partial charge in [0.05, 0.1) is 13.0 Å². The molecule has 1 amide bonds. The van der Waals surface area contributed by atoms with Crippen LogP contribution in [0.15, 0.2) is 0 Å². The van der Waals surface area contributed by atoms with Gasteiger partial charge in [0.1, 0.15) is 0 Å². The Bertz CT molecular complexity index is 261. The number of carbonyl (C=O) groups is 2. The minimum absolute atomic E-state index is 0.0430. The Hall–Kier alpha value is -1.06. The molecule has 0 bridgehead atoms. The zero-order chi connectivity index (χ0) is 13.6. The minimum atomic E-state index is -0.276. The van der Waals surface area contributed by atoms with Crippen LogP contribution in [0.3, 0.4) is 0 Å². The number of nitrogens with zero attached hydrogens (tertiary/aromatic N) is 1. The molecule has 0 fully saturated rings. The van der Waals surface area contributed by atoms with Gasteiger partial charge in [-0.05, 0) is 5.92 Å². The van der Waals surface area contributed by atoms with Crippen molar-refractivity contribution in [2.24, 2.45) is 17.8 Å². The van der Waals surface area contributed by atoms with Gasteiger partial charge in [-0.3, -0.25) is 9.59 Å². The molecule has 0 aliphatic rings. The molecule has 4 heteroatoms. The topological polar surface area (TPSA) is 46.6 Å². The van der Waals surface area contributed by atoms with Gasteiger partial charge in [0.25, 0.3) is 0 Å². The van der Waals surface area contributed by atoms with E-state index in [1.54, 1.807) is 11.8 Å². The Kier molecular flexibility index (Phi) is 6.85. The zero-order valence-electron chi connectivity index (χ0n) is 11.8. The standard InChI is InChI=1S/C13H25NO3/c1-9(2)7-14(12(15)10(3)4)8-11(5)13(16)17-6/h9-11H,7-8H2,1-6H3. The van der Waals surface area contributed by atoms with Crippen LogP contribution in [0.5, 0.6) is 0 Å². The summed E-state index contributed by atoms with van der Waals surface area (Å²) in [6.07, 6.45) is 0. The fraction of sp³-hybridized carbons (Fsp3) is 0.846. The van der Waals surface area contributed by atoms with Gasteiger partial charge in [0, 0.05) is 19.0 Å². The highest BCUT2D eigenvalue weighted by Crippen LogP contribution is 2.10. The lowest BCUT2D eigenvalue weighted by Gasteiger charge is -2.28. The molecule has 0 radical (unpaired) electrons. The van der Waals surface area contributed by atoms with E-state index in [9.17, 15) is 9.59 Å². The molecule has 17 heavy (non-hydrogen) atoms. The number of hydrogen-bond donors (Lipinski definition) is 0. The SMILES string of the molecule is COC(=O)C(C)CN(CC(C)C)C(=O)C(C)C. The maximum Gasteiger partial charge on any atom is 0.310 e. The number of esters is 1. The third-order valence-corrected chi connectivity index (χ3v) is 2.49. The Balaban J connectivity index is 4.59. The highest BCUT2D eigenvalue weighted by molar-refractivity contribution is 5.79. The Morgan fingerprint density at radius 3 is 1.94 bits per heavy atom. The van der Waals surface area contributed by atoms with Crippen molar-refractivity contribution in [2.75, 3.05) is 20.2 Å². The lowest BCUT2D eigenvalue weighted by molar-refractivity contribution is -0.147. The van der Waals surface area contributed by atoms with Crippen LogP contribution in [-0.2, 0) is 14.3 Å². The molecule has 1 atom stereocenters. The summed E-state index contributed by atoms with van der Waals surface area (Å²) in [7, 11) is 1.37. The zero-order valence-corrected chi connectivity index (χ0v) is 11.8. The van der Waals surface area contributed by atoms with E-state index in [4.69, 9.17) is 0 Å². The van der Waals surface area contributed by atoms with Crippen LogP contribution in [-0.4, -0.2) is 37.0 Å². The number of ether oxygens (including phenoxy) is 1. The summed E-state index contributed by atoms with van der Waals surface area (Å²) in [6, 6.07) is 0. The minimum Gasteiger partial charge on any atom is -0.469 e. The van der Waals surface area contributed by atoms with E-state index in [2.05, 4.69) is 18.6 Å². The summed E-state index contributed by atoms with van der Waals surface area (Å²) >= 11 is 0. The van der Waals surface area contributed by atoms with Crippen molar-refractivity contribution in [1.29, 1.82) is 0 Å². The van der Waals surface area contributed by atoms with Gasteiger partial charge in [-0.25, -0.2) is 0 Å². The van der Waals surface area contributed by atoms with Crippen LogP contribution in [0.2, 0.25) is 0 Å². The molecule has 0 aliphatic carbocycles. The third-order valence-electron chi connectivity index (χ3n) is 2.49. The van der Waals surface area contributed by atoms with E-state index < -0.39 is 0 Å². The molecule has 0 saturated heterocycles. The Labute approximate surface area is 104 Å². The van der Waals surface area contributed by atoms with Gasteiger partial charge in [0.15, 0.2) is 0 Å². The molecule has 0 heterocycles. The summed E-state index contributed by atoms with van der Waals surface area (Å²) < 4.78 is 4.68. The van der Waals surface area contributed by atoms with Crippen LogP contribution >= 0.6 is 0 Å². The number of carbonyl (C=O) groups excluding carboxylic acids is 2. The predicted octanol–water partition coefficient (Wildman–Crippen LogP) is 1.94. The first-order valence-electron chi connectivity index (χ1n) is 6.16. The van der Waals surface area contributed by atoms with Crippen molar-refractivity contribution in [1.82, 2.24) is 4.90 Å². The fourth-order valence-corrected chi connectivity index (χ4v) is 1.67. The fourth-order valence-electron chi connectivity index (χ4n) is 1.67. The molecule has 0 aliphatic heterocycles. The van der Waals surface area contributed by atoms with Crippen molar-refractivity contribution in [2.45, 2.75) is 34.6 Å². The molecule has 0 spiro atoms. The normalized spacial score (nSPS) is 12.7. The van der Waals surface area contributed by atoms with Crippen LogP contribution in [0.1, 0.15) is 34.6 Å². The average molecular weight is 243 g/mol. The number of rotatable bonds is 6. The monoisotopic (exact) mass is 243 g/mol. The van der Waals surface area contributed by atoms with E-state index in [1.807, 2.05) is 13.8 Å². The van der Waals surface area contributed by atoms with Crippen molar-refractivity contribution in [3.05, 3.63) is 0 Å². The van der Waals surface area contributed by atoms with Gasteiger partial charge < -0.3 is 9.64 Å². The lowest BCUT2D eigenvalue weighted by Crippen LogP contribution is -2.41. The highest BCUT2D eigenvalue weighted by atomic mass is 16.5. The van der Waals surface area contributed by atoms with E-state index >= 15 is 0 Å². The van der Waals surface area contributed by atoms with Gasteiger partial charge in [-0.15, -0.1) is 0 Å². The van der Waals surface area contributed by atoms with E-state index in [0.717, 1.165) is 0 Å². The molecular formula is C13H25NO3. The van der Waals surface area contributed by atoms with Crippen molar-refractivity contribution < 1.29 is 14.3 Å². The molecular weight excluding hydrogens is 218 g/mol. The van der Waals surface area contributed by atoms with Gasteiger partial charge in [-0.1, -0.05) is 34.6 Å².